The van der Waals surface area contributed by atoms with Crippen molar-refractivity contribution in [1.29, 1.82) is 0 Å². The van der Waals surface area contributed by atoms with Gasteiger partial charge in [0.15, 0.2) is 0 Å². The summed E-state index contributed by atoms with van der Waals surface area (Å²) >= 11 is 0. The van der Waals surface area contributed by atoms with Crippen molar-refractivity contribution >= 4 is 17.9 Å². The first-order valence-corrected chi connectivity index (χ1v) is 7.17. The summed E-state index contributed by atoms with van der Waals surface area (Å²) in [4.78, 5) is 35.0. The molecule has 0 aliphatic carbocycles. The molecule has 122 valence electrons. The number of primary amides is 1. The van der Waals surface area contributed by atoms with Crippen LogP contribution in [0, 0.1) is 11.8 Å². The van der Waals surface area contributed by atoms with Crippen LogP contribution in [0.4, 0.5) is 4.79 Å². The number of nitrogens with two attached hydrogens (primary N) is 1. The fourth-order valence-electron chi connectivity index (χ4n) is 1.94. The molecule has 0 aromatic rings. The van der Waals surface area contributed by atoms with E-state index in [9.17, 15) is 14.4 Å². The van der Waals surface area contributed by atoms with Crippen molar-refractivity contribution in [1.82, 2.24) is 10.6 Å². The number of carbonyl (C=O) groups excluding carboxylic acids is 3. The van der Waals surface area contributed by atoms with E-state index in [1.54, 1.807) is 0 Å². The van der Waals surface area contributed by atoms with Crippen LogP contribution < -0.4 is 16.4 Å². The molecule has 0 aromatic carbocycles. The van der Waals surface area contributed by atoms with Gasteiger partial charge in [-0.1, -0.05) is 34.1 Å². The monoisotopic (exact) mass is 301 g/mol. The van der Waals surface area contributed by atoms with Gasteiger partial charge in [0, 0.05) is 0 Å². The maximum Gasteiger partial charge on any atom is 0.328 e. The third-order valence-electron chi connectivity index (χ3n) is 3.30. The van der Waals surface area contributed by atoms with E-state index >= 15 is 0 Å². The van der Waals surface area contributed by atoms with E-state index in [0.717, 1.165) is 0 Å². The Morgan fingerprint density at radius 1 is 1.14 bits per heavy atom. The number of methoxy groups -OCH3 is 1. The van der Waals surface area contributed by atoms with Crippen LogP contribution in [-0.4, -0.2) is 37.1 Å². The van der Waals surface area contributed by atoms with E-state index in [-0.39, 0.29) is 11.8 Å². The molecular formula is C14H27N3O4. The molecule has 4 N–H and O–H groups in total. The van der Waals surface area contributed by atoms with Gasteiger partial charge in [0.05, 0.1) is 7.11 Å². The zero-order valence-electron chi connectivity index (χ0n) is 13.4. The molecule has 3 unspecified atom stereocenters. The van der Waals surface area contributed by atoms with Gasteiger partial charge >= 0.3 is 12.0 Å². The highest BCUT2D eigenvalue weighted by atomic mass is 16.5. The smallest absolute Gasteiger partial charge is 0.328 e. The molecule has 0 spiro atoms. The molecule has 3 amide bonds. The van der Waals surface area contributed by atoms with E-state index in [1.807, 2.05) is 27.7 Å². The van der Waals surface area contributed by atoms with Crippen molar-refractivity contribution in [3.05, 3.63) is 0 Å². The van der Waals surface area contributed by atoms with E-state index in [2.05, 4.69) is 10.6 Å². The Balaban J connectivity index is 4.96. The Hall–Kier alpha value is -1.79. The molecular weight excluding hydrogens is 274 g/mol. The lowest BCUT2D eigenvalue weighted by Crippen LogP contribution is -2.55. The zero-order valence-corrected chi connectivity index (χ0v) is 13.4. The lowest BCUT2D eigenvalue weighted by molar-refractivity contribution is -0.145. The predicted octanol–water partition coefficient (Wildman–Crippen LogP) is 0.773. The Morgan fingerprint density at radius 3 is 2.10 bits per heavy atom. The van der Waals surface area contributed by atoms with Crippen LogP contribution in [0.3, 0.4) is 0 Å². The van der Waals surface area contributed by atoms with Gasteiger partial charge in [0.2, 0.25) is 5.91 Å². The summed E-state index contributed by atoms with van der Waals surface area (Å²) in [5.74, 6) is -0.825. The van der Waals surface area contributed by atoms with Gasteiger partial charge in [-0.25, -0.2) is 9.59 Å². The summed E-state index contributed by atoms with van der Waals surface area (Å²) in [6.07, 6.45) is 1.15. The van der Waals surface area contributed by atoms with E-state index in [1.165, 1.54) is 7.11 Å². The van der Waals surface area contributed by atoms with Crippen molar-refractivity contribution in [3.63, 3.8) is 0 Å². The third kappa shape index (κ3) is 6.97. The first-order valence-electron chi connectivity index (χ1n) is 7.17. The minimum atomic E-state index is -0.771. The molecule has 0 fully saturated rings. The highest BCUT2D eigenvalue weighted by Crippen LogP contribution is 2.11. The first kappa shape index (κ1) is 19.2. The number of hydrogen-bond donors (Lipinski definition) is 3. The molecule has 0 aliphatic heterocycles. The SMILES string of the molecule is CCC(C)C(NC(N)=O)C(=O)NC(CC(C)C)C(=O)OC. The van der Waals surface area contributed by atoms with Gasteiger partial charge in [-0.05, 0) is 18.3 Å². The summed E-state index contributed by atoms with van der Waals surface area (Å²) < 4.78 is 4.70. The quantitative estimate of drug-likeness (QED) is 0.575. The fraction of sp³-hybridized carbons (Fsp3) is 0.786. The van der Waals surface area contributed by atoms with E-state index in [0.29, 0.717) is 12.8 Å². The van der Waals surface area contributed by atoms with Crippen molar-refractivity contribution < 1.29 is 19.1 Å². The van der Waals surface area contributed by atoms with Crippen molar-refractivity contribution in [2.24, 2.45) is 17.6 Å². The number of urea groups is 1. The predicted molar refractivity (Wildman–Crippen MR) is 79.4 cm³/mol. The molecule has 0 saturated carbocycles. The number of nitrogens with one attached hydrogen (secondary N) is 2. The molecule has 0 heterocycles. The second-order valence-electron chi connectivity index (χ2n) is 5.59. The number of esters is 1. The van der Waals surface area contributed by atoms with Crippen molar-refractivity contribution in [2.75, 3.05) is 7.11 Å². The normalized spacial score (nSPS) is 15.0. The molecule has 0 aliphatic rings. The van der Waals surface area contributed by atoms with Crippen LogP contribution in [-0.2, 0) is 14.3 Å². The average molecular weight is 301 g/mol. The second-order valence-corrected chi connectivity index (χ2v) is 5.59. The third-order valence-corrected chi connectivity index (χ3v) is 3.30. The van der Waals surface area contributed by atoms with Gasteiger partial charge < -0.3 is 21.1 Å². The van der Waals surface area contributed by atoms with Crippen molar-refractivity contribution in [3.8, 4) is 0 Å². The van der Waals surface area contributed by atoms with Crippen LogP contribution in [0.25, 0.3) is 0 Å². The fourth-order valence-corrected chi connectivity index (χ4v) is 1.94. The lowest BCUT2D eigenvalue weighted by Gasteiger charge is -2.25. The van der Waals surface area contributed by atoms with Gasteiger partial charge in [0.1, 0.15) is 12.1 Å². The minimum Gasteiger partial charge on any atom is -0.467 e. The average Bonchev–Trinajstić information content (AvgIpc) is 2.41. The number of carbonyl (C=O) groups is 3. The van der Waals surface area contributed by atoms with Gasteiger partial charge in [-0.3, -0.25) is 4.79 Å². The van der Waals surface area contributed by atoms with Crippen LogP contribution in [0.15, 0.2) is 0 Å². The Morgan fingerprint density at radius 2 is 1.71 bits per heavy atom. The second kappa shape index (κ2) is 9.20. The highest BCUT2D eigenvalue weighted by molar-refractivity contribution is 5.90. The molecule has 7 heteroatoms. The zero-order chi connectivity index (χ0) is 16.6. The van der Waals surface area contributed by atoms with Crippen LogP contribution in [0.2, 0.25) is 0 Å². The molecule has 7 nitrogen and oxygen atoms in total. The molecule has 0 saturated heterocycles. The number of amides is 3. The Labute approximate surface area is 126 Å². The standard InChI is InChI=1S/C14H27N3O4/c1-6-9(4)11(17-14(15)20)12(18)16-10(7-8(2)3)13(19)21-5/h8-11H,6-7H2,1-5H3,(H,16,18)(H3,15,17,20). The van der Waals surface area contributed by atoms with Crippen molar-refractivity contribution in [2.45, 2.75) is 52.6 Å². The highest BCUT2D eigenvalue weighted by Gasteiger charge is 2.30. The summed E-state index contributed by atoms with van der Waals surface area (Å²) in [5, 5.41) is 5.06. The molecule has 0 aromatic heterocycles. The maximum atomic E-state index is 12.3. The summed E-state index contributed by atoms with van der Waals surface area (Å²) in [6, 6.07) is -2.27. The lowest BCUT2D eigenvalue weighted by atomic mass is 9.97. The first-order chi connectivity index (χ1) is 9.72. The summed E-state index contributed by atoms with van der Waals surface area (Å²) in [6.45, 7) is 7.61. The topological polar surface area (TPSA) is 111 Å². The van der Waals surface area contributed by atoms with Gasteiger partial charge in [0.25, 0.3) is 0 Å². The van der Waals surface area contributed by atoms with Gasteiger partial charge in [-0.15, -0.1) is 0 Å². The molecule has 3 atom stereocenters. The van der Waals surface area contributed by atoms with E-state index < -0.39 is 30.0 Å². The molecule has 0 bridgehead atoms. The Kier molecular flexibility index (Phi) is 8.42. The van der Waals surface area contributed by atoms with Crippen LogP contribution in [0.5, 0.6) is 0 Å². The number of rotatable bonds is 8. The maximum absolute atomic E-state index is 12.3. The van der Waals surface area contributed by atoms with E-state index in [4.69, 9.17) is 10.5 Å². The summed E-state index contributed by atoms with van der Waals surface area (Å²) in [7, 11) is 1.27. The largest absolute Gasteiger partial charge is 0.467 e. The molecule has 0 rings (SSSR count). The van der Waals surface area contributed by atoms with Gasteiger partial charge in [-0.2, -0.15) is 0 Å². The molecule has 21 heavy (non-hydrogen) atoms. The summed E-state index contributed by atoms with van der Waals surface area (Å²) in [5.41, 5.74) is 5.10. The number of ether oxygens (including phenoxy) is 1. The number of hydrogen-bond acceptors (Lipinski definition) is 4. The van der Waals surface area contributed by atoms with Crippen LogP contribution in [0.1, 0.15) is 40.5 Å². The van der Waals surface area contributed by atoms with Crippen LogP contribution >= 0.6 is 0 Å². The molecule has 0 radical (unpaired) electrons. The Bertz CT molecular complexity index is 371. The minimum absolute atomic E-state index is 0.102.